The molecule has 6 aliphatic rings. The van der Waals surface area contributed by atoms with Crippen molar-refractivity contribution in [2.75, 3.05) is 6.61 Å². The quantitative estimate of drug-likeness (QED) is 0.168. The molecule has 0 radical (unpaired) electrons. The first-order valence-electron chi connectivity index (χ1n) is 20.9. The topological polar surface area (TPSA) is 164 Å². The molecule has 0 aromatic rings. The Labute approximate surface area is 332 Å². The normalized spacial score (nSPS) is 43.5. The van der Waals surface area contributed by atoms with Gasteiger partial charge in [-0.1, -0.05) is 60.1 Å². The molecule has 0 aromatic carbocycles. The number of carbonyl (C=O) groups excluding carboxylic acids is 5. The van der Waals surface area contributed by atoms with Crippen molar-refractivity contribution in [3.8, 4) is 0 Å². The van der Waals surface area contributed by atoms with Crippen LogP contribution >= 0.6 is 0 Å². The van der Waals surface area contributed by atoms with Crippen LogP contribution in [0.15, 0.2) is 11.6 Å². The first kappa shape index (κ1) is 42.6. The highest BCUT2D eigenvalue weighted by Crippen LogP contribution is 2.75. The van der Waals surface area contributed by atoms with Crippen molar-refractivity contribution in [1.82, 2.24) is 5.32 Å². The number of rotatable bonds is 7. The van der Waals surface area contributed by atoms with Gasteiger partial charge >= 0.3 is 23.9 Å². The molecule has 12 nitrogen and oxygen atoms in total. The number of nitrogens with one attached hydrogen (secondary N) is 1. The van der Waals surface area contributed by atoms with E-state index in [1.807, 2.05) is 0 Å². The smallest absolute Gasteiger partial charge is 0.303 e. The predicted molar refractivity (Wildman–Crippen MR) is 205 cm³/mol. The summed E-state index contributed by atoms with van der Waals surface area (Å²) >= 11 is 0. The number of hydrogen-bond donors (Lipinski definition) is 2. The van der Waals surface area contributed by atoms with Crippen LogP contribution in [0.25, 0.3) is 0 Å². The van der Waals surface area contributed by atoms with E-state index in [1.54, 1.807) is 0 Å². The summed E-state index contributed by atoms with van der Waals surface area (Å²) < 4.78 is 28.6. The number of aliphatic hydroxyl groups is 1. The largest absolute Gasteiger partial charge is 0.463 e. The highest BCUT2D eigenvalue weighted by atomic mass is 16.7. The second-order valence-electron chi connectivity index (χ2n) is 20.3. The Morgan fingerprint density at radius 3 is 1.98 bits per heavy atom. The minimum Gasteiger partial charge on any atom is -0.463 e. The summed E-state index contributed by atoms with van der Waals surface area (Å²) in [4.78, 5) is 64.5. The van der Waals surface area contributed by atoms with Crippen molar-refractivity contribution >= 4 is 29.8 Å². The SMILES string of the molecule is CC(=O)OCC1O[C@H](NC(=O)[C@]23CCC(C)(C)CC2C2=CCC4[C@@]5(C)CC[C@H](O)C(C)(C)C5CC[C@@]4(C)[C@]2(C)CC3)C(OC(C)=O)C(OC(C)=O)[C@@H]1OC(C)=O. The van der Waals surface area contributed by atoms with Crippen LogP contribution in [0.5, 0.6) is 0 Å². The molecule has 4 saturated carbocycles. The molecular weight excluding hydrogens is 718 g/mol. The molecule has 5 fully saturated rings. The van der Waals surface area contributed by atoms with E-state index in [2.05, 4.69) is 59.9 Å². The number of carbonyl (C=O) groups is 5. The van der Waals surface area contributed by atoms with Crippen LogP contribution in [0.1, 0.15) is 140 Å². The van der Waals surface area contributed by atoms with Crippen molar-refractivity contribution in [2.24, 2.45) is 50.2 Å². The Balaban J connectivity index is 1.37. The summed E-state index contributed by atoms with van der Waals surface area (Å²) in [5, 5.41) is 14.3. The second kappa shape index (κ2) is 14.7. The molecule has 1 amide bonds. The lowest BCUT2D eigenvalue weighted by Gasteiger charge is -2.71. The molecule has 0 bridgehead atoms. The summed E-state index contributed by atoms with van der Waals surface area (Å²) in [5.74, 6) is -2.17. The van der Waals surface area contributed by atoms with Crippen molar-refractivity contribution in [3.63, 3.8) is 0 Å². The molecule has 6 rings (SSSR count). The van der Waals surface area contributed by atoms with Gasteiger partial charge in [-0.25, -0.2) is 0 Å². The molecule has 0 spiro atoms. The van der Waals surface area contributed by atoms with Crippen LogP contribution in [0.2, 0.25) is 0 Å². The van der Waals surface area contributed by atoms with Gasteiger partial charge in [-0.15, -0.1) is 0 Å². The number of ether oxygens (including phenoxy) is 5. The number of aliphatic hydroxyl groups excluding tert-OH is 1. The highest BCUT2D eigenvalue weighted by Gasteiger charge is 2.69. The maximum atomic E-state index is 15.2. The lowest BCUT2D eigenvalue weighted by molar-refractivity contribution is -0.258. The van der Waals surface area contributed by atoms with Crippen LogP contribution in [0.4, 0.5) is 0 Å². The number of amides is 1. The van der Waals surface area contributed by atoms with Crippen LogP contribution in [-0.2, 0) is 47.7 Å². The molecule has 5 aliphatic carbocycles. The van der Waals surface area contributed by atoms with Crippen molar-refractivity contribution < 1.29 is 52.8 Å². The first-order chi connectivity index (χ1) is 25.9. The second-order valence-corrected chi connectivity index (χ2v) is 20.3. The third kappa shape index (κ3) is 7.00. The highest BCUT2D eigenvalue weighted by molar-refractivity contribution is 5.84. The van der Waals surface area contributed by atoms with E-state index in [0.29, 0.717) is 24.7 Å². The van der Waals surface area contributed by atoms with Crippen LogP contribution in [0, 0.1) is 50.2 Å². The zero-order chi connectivity index (χ0) is 41.4. The number of fused-ring (bicyclic) bond motifs is 7. The van der Waals surface area contributed by atoms with E-state index in [4.69, 9.17) is 23.7 Å². The third-order valence-electron chi connectivity index (χ3n) is 16.3. The van der Waals surface area contributed by atoms with Crippen molar-refractivity contribution in [3.05, 3.63) is 11.6 Å². The fourth-order valence-corrected chi connectivity index (χ4v) is 13.3. The van der Waals surface area contributed by atoms with Gasteiger partial charge in [0.05, 0.1) is 11.5 Å². The summed E-state index contributed by atoms with van der Waals surface area (Å²) in [5.41, 5.74) is 0.387. The Kier molecular flexibility index (Phi) is 11.2. The lowest BCUT2D eigenvalue weighted by atomic mass is 9.33. The molecule has 1 heterocycles. The lowest BCUT2D eigenvalue weighted by Crippen LogP contribution is -2.68. The monoisotopic (exact) mass is 785 g/mol. The predicted octanol–water partition coefficient (Wildman–Crippen LogP) is 6.35. The van der Waals surface area contributed by atoms with E-state index in [1.165, 1.54) is 33.3 Å². The van der Waals surface area contributed by atoms with E-state index in [0.717, 1.165) is 51.4 Å². The molecule has 6 unspecified atom stereocenters. The maximum absolute atomic E-state index is 15.2. The van der Waals surface area contributed by atoms with Gasteiger partial charge in [0.1, 0.15) is 12.7 Å². The molecular formula is C44H67NO11. The minimum atomic E-state index is -1.37. The van der Waals surface area contributed by atoms with E-state index in [-0.39, 0.29) is 51.6 Å². The van der Waals surface area contributed by atoms with Crippen molar-refractivity contribution in [2.45, 2.75) is 177 Å². The van der Waals surface area contributed by atoms with Gasteiger partial charge in [0.25, 0.3) is 0 Å². The van der Waals surface area contributed by atoms with Crippen molar-refractivity contribution in [1.29, 1.82) is 0 Å². The zero-order valence-corrected chi connectivity index (χ0v) is 35.6. The molecule has 1 saturated heterocycles. The first-order valence-corrected chi connectivity index (χ1v) is 20.9. The van der Waals surface area contributed by atoms with Gasteiger partial charge in [-0.3, -0.25) is 24.0 Å². The van der Waals surface area contributed by atoms with Gasteiger partial charge in [0.2, 0.25) is 5.91 Å². The summed E-state index contributed by atoms with van der Waals surface area (Å²) in [6.45, 7) is 21.0. The number of hydrogen-bond acceptors (Lipinski definition) is 11. The fourth-order valence-electron chi connectivity index (χ4n) is 13.3. The van der Waals surface area contributed by atoms with E-state index in [9.17, 15) is 24.3 Å². The fraction of sp³-hybridized carbons (Fsp3) is 0.841. The van der Waals surface area contributed by atoms with Gasteiger partial charge < -0.3 is 34.1 Å². The summed E-state index contributed by atoms with van der Waals surface area (Å²) in [6, 6.07) is 0. The van der Waals surface area contributed by atoms with Gasteiger partial charge in [0, 0.05) is 27.7 Å². The Morgan fingerprint density at radius 2 is 1.36 bits per heavy atom. The minimum absolute atomic E-state index is 0.00471. The Bertz CT molecular complexity index is 1640. The summed E-state index contributed by atoms with van der Waals surface area (Å²) in [6.07, 6.45) is 4.43. The van der Waals surface area contributed by atoms with Gasteiger partial charge in [-0.05, 0) is 109 Å². The average Bonchev–Trinajstić information content (AvgIpc) is 3.07. The zero-order valence-electron chi connectivity index (χ0n) is 35.6. The average molecular weight is 786 g/mol. The molecule has 12 heteroatoms. The molecule has 0 aromatic heterocycles. The Hall–Kier alpha value is -2.99. The Morgan fingerprint density at radius 1 is 0.750 bits per heavy atom. The molecule has 13 atom stereocenters. The summed E-state index contributed by atoms with van der Waals surface area (Å²) in [7, 11) is 0. The van der Waals surface area contributed by atoms with E-state index < -0.39 is 59.9 Å². The van der Waals surface area contributed by atoms with Crippen LogP contribution < -0.4 is 5.32 Å². The molecule has 56 heavy (non-hydrogen) atoms. The standard InChI is InChI=1S/C44H67NO11/c1-24(46)52-23-30-34(53-25(2)47)35(54-26(3)48)36(55-27(4)49)37(56-30)45-38(51)44-20-18-39(5,6)22-29(44)28-12-13-32-41(9)16-15-33(50)40(7,8)31(41)14-17-43(32,11)42(28,10)19-21-44/h12,29-37,50H,13-23H2,1-11H3,(H,45,51)/t29?,30?,31?,32?,33-,34+,35?,36?,37-,41-,42+,43+,44-/m0/s1. The molecule has 2 N–H and O–H groups in total. The maximum Gasteiger partial charge on any atom is 0.303 e. The molecule has 314 valence electrons. The number of esters is 4. The number of allylic oxidation sites excluding steroid dienone is 2. The van der Waals surface area contributed by atoms with E-state index >= 15 is 4.79 Å². The third-order valence-corrected chi connectivity index (χ3v) is 16.3. The van der Waals surface area contributed by atoms with Gasteiger partial charge in [-0.2, -0.15) is 0 Å². The van der Waals surface area contributed by atoms with Crippen LogP contribution in [-0.4, -0.2) is 78.2 Å². The molecule has 1 aliphatic heterocycles. The van der Waals surface area contributed by atoms with Gasteiger partial charge in [0.15, 0.2) is 24.5 Å². The van der Waals surface area contributed by atoms with Crippen LogP contribution in [0.3, 0.4) is 0 Å².